The molecule has 0 aliphatic rings. The van der Waals surface area contributed by atoms with Crippen LogP contribution in [0.15, 0.2) is 36.7 Å². The molecule has 1 heterocycles. The van der Waals surface area contributed by atoms with E-state index in [1.165, 1.54) is 10.9 Å². The number of hydrogen-bond donors (Lipinski definition) is 1. The van der Waals surface area contributed by atoms with Crippen molar-refractivity contribution < 1.29 is 17.9 Å². The predicted molar refractivity (Wildman–Crippen MR) is 82.2 cm³/mol. The van der Waals surface area contributed by atoms with E-state index in [2.05, 4.69) is 10.4 Å². The number of sulfone groups is 1. The summed E-state index contributed by atoms with van der Waals surface area (Å²) in [6.45, 7) is 0.0670. The van der Waals surface area contributed by atoms with E-state index >= 15 is 0 Å². The zero-order chi connectivity index (χ0) is 16.2. The second kappa shape index (κ2) is 6.61. The average Bonchev–Trinajstić information content (AvgIpc) is 2.95. The van der Waals surface area contributed by atoms with Gasteiger partial charge in [0.05, 0.1) is 24.6 Å². The SMILES string of the molecule is COc1ccccc1-n1cc(C(=O)NCCS(C)(=O)=O)cn1. The molecule has 8 heteroatoms. The monoisotopic (exact) mass is 323 g/mol. The molecular formula is C14H17N3O4S. The molecule has 22 heavy (non-hydrogen) atoms. The van der Waals surface area contributed by atoms with Crippen LogP contribution in [0, 0.1) is 0 Å². The summed E-state index contributed by atoms with van der Waals surface area (Å²) in [4.78, 5) is 11.9. The molecule has 0 aliphatic heterocycles. The van der Waals surface area contributed by atoms with Crippen LogP contribution < -0.4 is 10.1 Å². The van der Waals surface area contributed by atoms with Gasteiger partial charge in [0.25, 0.3) is 5.91 Å². The first-order chi connectivity index (χ1) is 10.4. The Morgan fingerprint density at radius 3 is 2.77 bits per heavy atom. The Morgan fingerprint density at radius 1 is 1.36 bits per heavy atom. The van der Waals surface area contributed by atoms with E-state index in [4.69, 9.17) is 4.74 Å². The Hall–Kier alpha value is -2.35. The van der Waals surface area contributed by atoms with E-state index in [-0.39, 0.29) is 18.2 Å². The summed E-state index contributed by atoms with van der Waals surface area (Å²) in [5, 5.41) is 6.68. The quantitative estimate of drug-likeness (QED) is 0.843. The van der Waals surface area contributed by atoms with E-state index in [0.717, 1.165) is 6.26 Å². The minimum atomic E-state index is -3.10. The van der Waals surface area contributed by atoms with Gasteiger partial charge in [0.2, 0.25) is 0 Å². The summed E-state index contributed by atoms with van der Waals surface area (Å²) in [6, 6.07) is 7.29. The Kier molecular flexibility index (Phi) is 4.81. The highest BCUT2D eigenvalue weighted by molar-refractivity contribution is 7.90. The van der Waals surface area contributed by atoms with Crippen molar-refractivity contribution in [1.29, 1.82) is 0 Å². The third-order valence-corrected chi connectivity index (χ3v) is 3.88. The number of ether oxygens (including phenoxy) is 1. The summed E-state index contributed by atoms with van der Waals surface area (Å²) in [5.41, 5.74) is 1.06. The van der Waals surface area contributed by atoms with Gasteiger partial charge in [-0.15, -0.1) is 0 Å². The van der Waals surface area contributed by atoms with Gasteiger partial charge in [-0.1, -0.05) is 12.1 Å². The number of rotatable bonds is 6. The fraction of sp³-hybridized carbons (Fsp3) is 0.286. The topological polar surface area (TPSA) is 90.3 Å². The van der Waals surface area contributed by atoms with E-state index in [9.17, 15) is 13.2 Å². The fourth-order valence-corrected chi connectivity index (χ4v) is 2.32. The number of amides is 1. The molecule has 0 bridgehead atoms. The van der Waals surface area contributed by atoms with Crippen LogP contribution in [0.1, 0.15) is 10.4 Å². The minimum absolute atomic E-state index is 0.0670. The summed E-state index contributed by atoms with van der Waals surface area (Å²) < 4.78 is 28.8. The zero-order valence-corrected chi connectivity index (χ0v) is 13.1. The van der Waals surface area contributed by atoms with Crippen LogP contribution in [-0.4, -0.2) is 49.8 Å². The Labute approximate surface area is 128 Å². The lowest BCUT2D eigenvalue weighted by Crippen LogP contribution is -2.28. The number of para-hydroxylation sites is 2. The van der Waals surface area contributed by atoms with Crippen LogP contribution in [0.4, 0.5) is 0 Å². The van der Waals surface area contributed by atoms with Crippen molar-refractivity contribution in [1.82, 2.24) is 15.1 Å². The first-order valence-corrected chi connectivity index (χ1v) is 8.61. The predicted octanol–water partition coefficient (Wildman–Crippen LogP) is 0.655. The molecule has 0 saturated carbocycles. The number of carbonyl (C=O) groups excluding carboxylic acids is 1. The average molecular weight is 323 g/mol. The zero-order valence-electron chi connectivity index (χ0n) is 12.3. The van der Waals surface area contributed by atoms with Crippen molar-refractivity contribution in [2.45, 2.75) is 0 Å². The largest absolute Gasteiger partial charge is 0.494 e. The van der Waals surface area contributed by atoms with Crippen LogP contribution in [-0.2, 0) is 9.84 Å². The molecule has 0 fully saturated rings. The van der Waals surface area contributed by atoms with Crippen LogP contribution in [0.3, 0.4) is 0 Å². The molecule has 0 spiro atoms. The maximum absolute atomic E-state index is 11.9. The summed E-state index contributed by atoms with van der Waals surface area (Å²) in [5.74, 6) is 0.166. The molecule has 1 amide bonds. The van der Waals surface area contributed by atoms with Crippen LogP contribution in [0.25, 0.3) is 5.69 Å². The Bertz CT molecular complexity index is 768. The lowest BCUT2D eigenvalue weighted by atomic mass is 10.3. The van der Waals surface area contributed by atoms with Gasteiger partial charge in [0.15, 0.2) is 0 Å². The molecule has 2 aromatic rings. The van der Waals surface area contributed by atoms with Gasteiger partial charge in [-0.2, -0.15) is 5.10 Å². The highest BCUT2D eigenvalue weighted by atomic mass is 32.2. The number of aromatic nitrogens is 2. The second-order valence-electron chi connectivity index (χ2n) is 4.73. The molecule has 0 atom stereocenters. The molecule has 0 radical (unpaired) electrons. The van der Waals surface area contributed by atoms with Gasteiger partial charge >= 0.3 is 0 Å². The molecule has 0 unspecified atom stereocenters. The van der Waals surface area contributed by atoms with E-state index in [1.807, 2.05) is 18.2 Å². The van der Waals surface area contributed by atoms with E-state index < -0.39 is 9.84 Å². The summed E-state index contributed by atoms with van der Waals surface area (Å²) >= 11 is 0. The first-order valence-electron chi connectivity index (χ1n) is 6.55. The molecule has 0 aliphatic carbocycles. The lowest BCUT2D eigenvalue weighted by molar-refractivity contribution is 0.0956. The second-order valence-corrected chi connectivity index (χ2v) is 6.99. The number of methoxy groups -OCH3 is 1. The summed E-state index contributed by atoms with van der Waals surface area (Å²) in [6.07, 6.45) is 4.11. The normalized spacial score (nSPS) is 11.2. The Balaban J connectivity index is 2.09. The van der Waals surface area contributed by atoms with Gasteiger partial charge in [-0.25, -0.2) is 13.1 Å². The third-order valence-electron chi connectivity index (χ3n) is 2.94. The number of nitrogens with one attached hydrogen (secondary N) is 1. The number of nitrogens with zero attached hydrogens (tertiary/aromatic N) is 2. The number of hydrogen-bond acceptors (Lipinski definition) is 5. The maximum Gasteiger partial charge on any atom is 0.254 e. The molecule has 1 aromatic heterocycles. The first kappa shape index (κ1) is 16.0. The molecule has 1 N–H and O–H groups in total. The molecular weight excluding hydrogens is 306 g/mol. The maximum atomic E-state index is 11.9. The molecule has 118 valence electrons. The van der Waals surface area contributed by atoms with Crippen molar-refractivity contribution >= 4 is 15.7 Å². The van der Waals surface area contributed by atoms with Gasteiger partial charge in [0.1, 0.15) is 21.3 Å². The highest BCUT2D eigenvalue weighted by Crippen LogP contribution is 2.21. The third kappa shape index (κ3) is 4.08. The van der Waals surface area contributed by atoms with Crippen molar-refractivity contribution in [3.05, 3.63) is 42.2 Å². The number of benzene rings is 1. The van der Waals surface area contributed by atoms with Crippen molar-refractivity contribution in [3.8, 4) is 11.4 Å². The van der Waals surface area contributed by atoms with Crippen LogP contribution >= 0.6 is 0 Å². The minimum Gasteiger partial charge on any atom is -0.494 e. The lowest BCUT2D eigenvalue weighted by Gasteiger charge is -2.07. The van der Waals surface area contributed by atoms with Crippen molar-refractivity contribution in [2.75, 3.05) is 25.7 Å². The Morgan fingerprint density at radius 2 is 2.09 bits per heavy atom. The van der Waals surface area contributed by atoms with Crippen molar-refractivity contribution in [2.24, 2.45) is 0 Å². The fourth-order valence-electron chi connectivity index (χ4n) is 1.84. The number of carbonyl (C=O) groups is 1. The molecule has 2 rings (SSSR count). The van der Waals surface area contributed by atoms with Gasteiger partial charge < -0.3 is 10.1 Å². The van der Waals surface area contributed by atoms with Gasteiger partial charge in [0, 0.05) is 19.0 Å². The highest BCUT2D eigenvalue weighted by Gasteiger charge is 2.12. The van der Waals surface area contributed by atoms with E-state index in [1.54, 1.807) is 19.4 Å². The summed E-state index contributed by atoms with van der Waals surface area (Å²) in [7, 11) is -1.54. The molecule has 7 nitrogen and oxygen atoms in total. The van der Waals surface area contributed by atoms with Gasteiger partial charge in [-0.3, -0.25) is 4.79 Å². The molecule has 1 aromatic carbocycles. The van der Waals surface area contributed by atoms with Crippen LogP contribution in [0.5, 0.6) is 5.75 Å². The van der Waals surface area contributed by atoms with Crippen molar-refractivity contribution in [3.63, 3.8) is 0 Å². The van der Waals surface area contributed by atoms with E-state index in [0.29, 0.717) is 17.0 Å². The van der Waals surface area contributed by atoms with Gasteiger partial charge in [-0.05, 0) is 12.1 Å². The van der Waals surface area contributed by atoms with Crippen LogP contribution in [0.2, 0.25) is 0 Å². The molecule has 0 saturated heterocycles. The smallest absolute Gasteiger partial charge is 0.254 e. The standard InChI is InChI=1S/C14H17N3O4S/c1-21-13-6-4-3-5-12(13)17-10-11(9-16-17)14(18)15-7-8-22(2,19)20/h3-6,9-10H,7-8H2,1-2H3,(H,15,18).